The van der Waals surface area contributed by atoms with Crippen LogP contribution in [-0.4, -0.2) is 38.7 Å². The Balaban J connectivity index is 2.15. The lowest BCUT2D eigenvalue weighted by atomic mass is 10.1. The van der Waals surface area contributed by atoms with Crippen molar-refractivity contribution in [2.75, 3.05) is 13.1 Å². The van der Waals surface area contributed by atoms with E-state index in [1.165, 1.54) is 0 Å². The lowest BCUT2D eigenvalue weighted by Gasteiger charge is -2.18. The first kappa shape index (κ1) is 15.8. The quantitative estimate of drug-likeness (QED) is 0.512. The molecule has 0 aliphatic carbocycles. The van der Waals surface area contributed by atoms with Crippen molar-refractivity contribution in [1.82, 2.24) is 5.32 Å². The zero-order valence-corrected chi connectivity index (χ0v) is 11.9. The zero-order valence-electron chi connectivity index (χ0n) is 11.1. The van der Waals surface area contributed by atoms with Crippen molar-refractivity contribution in [2.24, 2.45) is 0 Å². The summed E-state index contributed by atoms with van der Waals surface area (Å²) in [5, 5.41) is 13.5. The molecule has 1 N–H and O–H groups in total. The van der Waals surface area contributed by atoms with Gasteiger partial charge in [-0.3, -0.25) is 14.3 Å². The number of nitro benzene ring substituents is 1. The molecule has 7 nitrogen and oxygen atoms in total. The van der Waals surface area contributed by atoms with Crippen LogP contribution in [0.5, 0.6) is 0 Å². The van der Waals surface area contributed by atoms with E-state index in [0.717, 1.165) is 24.3 Å². The Hall–Kier alpha value is -1.58. The molecule has 0 radical (unpaired) electrons. The van der Waals surface area contributed by atoms with Gasteiger partial charge in [0, 0.05) is 12.1 Å². The van der Waals surface area contributed by atoms with Crippen LogP contribution in [0.15, 0.2) is 29.2 Å². The van der Waals surface area contributed by atoms with Gasteiger partial charge in [-0.2, -0.15) is 8.42 Å². The fraction of sp³-hybridized carbons (Fsp3) is 0.500. The van der Waals surface area contributed by atoms with Gasteiger partial charge >= 0.3 is 0 Å². The van der Waals surface area contributed by atoms with E-state index in [4.69, 9.17) is 4.18 Å². The molecule has 0 spiro atoms. The predicted octanol–water partition coefficient (Wildman–Crippen LogP) is 1.39. The smallest absolute Gasteiger partial charge is 0.297 e. The summed E-state index contributed by atoms with van der Waals surface area (Å²) in [5.41, 5.74) is -0.226. The number of alkyl halides is 1. The molecule has 1 aromatic carbocycles. The molecule has 0 aromatic heterocycles. The lowest BCUT2D eigenvalue weighted by molar-refractivity contribution is -0.384. The van der Waals surface area contributed by atoms with Gasteiger partial charge in [0.15, 0.2) is 0 Å². The van der Waals surface area contributed by atoms with Gasteiger partial charge in [-0.1, -0.05) is 0 Å². The van der Waals surface area contributed by atoms with Gasteiger partial charge in [0.2, 0.25) is 0 Å². The molecular weight excluding hydrogens is 303 g/mol. The molecule has 1 heterocycles. The van der Waals surface area contributed by atoms with Gasteiger partial charge in [-0.25, -0.2) is 4.39 Å². The molecule has 1 aromatic rings. The molecule has 0 amide bonds. The standard InChI is InChI=1S/C12H15FN2O5S/c13-11-5-7-14-8-6-12(11)20-21(18,19)10-3-1-9(2-4-10)15(16)17/h1-4,11-12,14H,5-8H2. The molecule has 2 rings (SSSR count). The number of non-ortho nitro benzene ring substituents is 1. The van der Waals surface area contributed by atoms with E-state index >= 15 is 0 Å². The van der Waals surface area contributed by atoms with E-state index in [9.17, 15) is 22.9 Å². The molecule has 116 valence electrons. The number of halogens is 1. The second-order valence-electron chi connectivity index (χ2n) is 4.68. The molecule has 1 aliphatic heterocycles. The maximum absolute atomic E-state index is 13.8. The summed E-state index contributed by atoms with van der Waals surface area (Å²) in [4.78, 5) is 9.67. The third kappa shape index (κ3) is 3.96. The summed E-state index contributed by atoms with van der Waals surface area (Å²) in [6, 6.07) is 4.29. The molecule has 9 heteroatoms. The van der Waals surface area contributed by atoms with Crippen LogP contribution in [0.2, 0.25) is 0 Å². The van der Waals surface area contributed by atoms with Crippen molar-refractivity contribution in [2.45, 2.75) is 30.0 Å². The molecule has 1 aliphatic rings. The summed E-state index contributed by atoms with van der Waals surface area (Å²) in [5.74, 6) is 0. The van der Waals surface area contributed by atoms with Crippen molar-refractivity contribution < 1.29 is 21.9 Å². The van der Waals surface area contributed by atoms with E-state index in [2.05, 4.69) is 5.32 Å². The number of hydrogen-bond donors (Lipinski definition) is 1. The van der Waals surface area contributed by atoms with Crippen molar-refractivity contribution in [3.63, 3.8) is 0 Å². The van der Waals surface area contributed by atoms with Crippen LogP contribution < -0.4 is 5.32 Å². The molecule has 2 unspecified atom stereocenters. The van der Waals surface area contributed by atoms with Gasteiger partial charge in [-0.15, -0.1) is 0 Å². The highest BCUT2D eigenvalue weighted by atomic mass is 32.2. The first-order valence-electron chi connectivity index (χ1n) is 6.43. The monoisotopic (exact) mass is 318 g/mol. The van der Waals surface area contributed by atoms with Gasteiger partial charge in [0.05, 0.1) is 9.82 Å². The summed E-state index contributed by atoms with van der Waals surface area (Å²) < 4.78 is 42.9. The van der Waals surface area contributed by atoms with Gasteiger partial charge in [0.1, 0.15) is 12.3 Å². The van der Waals surface area contributed by atoms with Gasteiger partial charge < -0.3 is 5.32 Å². The summed E-state index contributed by atoms with van der Waals surface area (Å²) in [6.45, 7) is 0.944. The van der Waals surface area contributed by atoms with Crippen molar-refractivity contribution in [3.05, 3.63) is 34.4 Å². The Morgan fingerprint density at radius 3 is 2.48 bits per heavy atom. The second kappa shape index (κ2) is 6.46. The number of hydrogen-bond acceptors (Lipinski definition) is 6. The van der Waals surface area contributed by atoms with E-state index in [-0.39, 0.29) is 23.4 Å². The maximum atomic E-state index is 13.8. The maximum Gasteiger partial charge on any atom is 0.297 e. The third-order valence-electron chi connectivity index (χ3n) is 3.19. The highest BCUT2D eigenvalue weighted by molar-refractivity contribution is 7.86. The topological polar surface area (TPSA) is 98.5 Å². The van der Waals surface area contributed by atoms with Crippen LogP contribution in [0.1, 0.15) is 12.8 Å². The molecule has 0 saturated carbocycles. The van der Waals surface area contributed by atoms with Gasteiger partial charge in [0.25, 0.3) is 15.8 Å². The summed E-state index contributed by atoms with van der Waals surface area (Å²) in [6.07, 6.45) is -1.98. The normalized spacial score (nSPS) is 23.5. The molecular formula is C12H15FN2O5S. The average Bonchev–Trinajstić information content (AvgIpc) is 2.64. The van der Waals surface area contributed by atoms with E-state index < -0.39 is 27.3 Å². The SMILES string of the molecule is O=[N+]([O-])c1ccc(S(=O)(=O)OC2CCNCCC2F)cc1. The largest absolute Gasteiger partial charge is 0.317 e. The number of nitrogens with zero attached hydrogens (tertiary/aromatic N) is 1. The Kier molecular flexibility index (Phi) is 4.86. The molecule has 2 atom stereocenters. The van der Waals surface area contributed by atoms with Crippen LogP contribution >= 0.6 is 0 Å². The van der Waals surface area contributed by atoms with Crippen molar-refractivity contribution in [1.29, 1.82) is 0 Å². The number of benzene rings is 1. The Bertz CT molecular complexity index is 605. The van der Waals surface area contributed by atoms with Crippen molar-refractivity contribution in [3.8, 4) is 0 Å². The number of rotatable bonds is 4. The first-order valence-corrected chi connectivity index (χ1v) is 7.83. The minimum atomic E-state index is -4.14. The lowest BCUT2D eigenvalue weighted by Crippen LogP contribution is -2.28. The fourth-order valence-electron chi connectivity index (χ4n) is 2.04. The second-order valence-corrected chi connectivity index (χ2v) is 6.26. The number of nitrogens with one attached hydrogen (secondary N) is 1. The van der Waals surface area contributed by atoms with Crippen molar-refractivity contribution >= 4 is 15.8 Å². The van der Waals surface area contributed by atoms with Gasteiger partial charge in [-0.05, 0) is 38.1 Å². The molecule has 0 bridgehead atoms. The van der Waals surface area contributed by atoms with Crippen LogP contribution in [0.25, 0.3) is 0 Å². The van der Waals surface area contributed by atoms with Crippen LogP contribution in [0.3, 0.4) is 0 Å². The fourth-order valence-corrected chi connectivity index (χ4v) is 3.16. The highest BCUT2D eigenvalue weighted by Crippen LogP contribution is 2.22. The average molecular weight is 318 g/mol. The Morgan fingerprint density at radius 1 is 1.24 bits per heavy atom. The molecule has 21 heavy (non-hydrogen) atoms. The Morgan fingerprint density at radius 2 is 1.86 bits per heavy atom. The minimum Gasteiger partial charge on any atom is -0.317 e. The minimum absolute atomic E-state index is 0.181. The Labute approximate surface area is 121 Å². The summed E-state index contributed by atoms with van der Waals surface area (Å²) in [7, 11) is -4.14. The first-order chi connectivity index (χ1) is 9.90. The van der Waals surface area contributed by atoms with E-state index in [1.54, 1.807) is 0 Å². The summed E-state index contributed by atoms with van der Waals surface area (Å²) >= 11 is 0. The van der Waals surface area contributed by atoms with E-state index in [0.29, 0.717) is 13.1 Å². The van der Waals surface area contributed by atoms with Crippen LogP contribution in [0.4, 0.5) is 10.1 Å². The van der Waals surface area contributed by atoms with E-state index in [1.807, 2.05) is 0 Å². The van der Waals surface area contributed by atoms with Crippen LogP contribution in [-0.2, 0) is 14.3 Å². The molecule has 1 saturated heterocycles. The highest BCUT2D eigenvalue weighted by Gasteiger charge is 2.30. The number of nitro groups is 1. The predicted molar refractivity (Wildman–Crippen MR) is 72.2 cm³/mol. The molecule has 1 fully saturated rings. The van der Waals surface area contributed by atoms with Crippen LogP contribution in [0, 0.1) is 10.1 Å². The zero-order chi connectivity index (χ0) is 15.5. The third-order valence-corrected chi connectivity index (χ3v) is 4.54.